The van der Waals surface area contributed by atoms with Gasteiger partial charge in [0.1, 0.15) is 24.1 Å². The Bertz CT molecular complexity index is 1430. The van der Waals surface area contributed by atoms with Crippen LogP contribution >= 0.6 is 0 Å². The van der Waals surface area contributed by atoms with Gasteiger partial charge in [-0.2, -0.15) is 0 Å². The Labute approximate surface area is 195 Å². The predicted octanol–water partition coefficient (Wildman–Crippen LogP) is 2.76. The Kier molecular flexibility index (Phi) is 5.80. The zero-order valence-electron chi connectivity index (χ0n) is 18.9. The van der Waals surface area contributed by atoms with Gasteiger partial charge in [-0.15, -0.1) is 0 Å². The summed E-state index contributed by atoms with van der Waals surface area (Å²) in [6.07, 6.45) is 1.56. The van der Waals surface area contributed by atoms with E-state index in [4.69, 9.17) is 4.74 Å². The van der Waals surface area contributed by atoms with Gasteiger partial charge in [-0.25, -0.2) is 19.3 Å². The average molecular weight is 461 g/mol. The first-order valence-corrected chi connectivity index (χ1v) is 11.0. The number of hydrogen-bond donors (Lipinski definition) is 1. The summed E-state index contributed by atoms with van der Waals surface area (Å²) in [5, 5.41) is 11.7. The van der Waals surface area contributed by atoms with Gasteiger partial charge in [0.15, 0.2) is 0 Å². The van der Waals surface area contributed by atoms with Gasteiger partial charge in [-0.1, -0.05) is 0 Å². The summed E-state index contributed by atoms with van der Waals surface area (Å²) in [7, 11) is 1.54. The largest absolute Gasteiger partial charge is 0.380 e. The zero-order valence-corrected chi connectivity index (χ0v) is 18.9. The maximum atomic E-state index is 15.2. The number of nitrogens with zero attached hydrogens (tertiary/aromatic N) is 5. The van der Waals surface area contributed by atoms with Crippen LogP contribution in [0.2, 0.25) is 0 Å². The van der Waals surface area contributed by atoms with E-state index >= 15 is 4.39 Å². The number of aliphatic hydroxyl groups excluding tert-OH is 1. The molecular formula is C25H24FN5O3. The molecule has 0 bridgehead atoms. The number of halogens is 1. The first-order valence-electron chi connectivity index (χ1n) is 11.0. The van der Waals surface area contributed by atoms with Crippen molar-refractivity contribution in [3.8, 4) is 11.3 Å². The Morgan fingerprint density at radius 3 is 2.68 bits per heavy atom. The van der Waals surface area contributed by atoms with Crippen molar-refractivity contribution < 1.29 is 14.2 Å². The van der Waals surface area contributed by atoms with E-state index in [-0.39, 0.29) is 16.9 Å². The molecule has 0 radical (unpaired) electrons. The molecule has 1 atom stereocenters. The van der Waals surface area contributed by atoms with Gasteiger partial charge < -0.3 is 14.7 Å². The lowest BCUT2D eigenvalue weighted by molar-refractivity contribution is 0.122. The van der Waals surface area contributed by atoms with Crippen LogP contribution in [0.25, 0.3) is 22.2 Å². The number of hydrogen-bond acceptors (Lipinski definition) is 7. The summed E-state index contributed by atoms with van der Waals surface area (Å²) in [4.78, 5) is 27.2. The van der Waals surface area contributed by atoms with Crippen LogP contribution in [0, 0.1) is 12.7 Å². The molecule has 3 heterocycles. The van der Waals surface area contributed by atoms with Gasteiger partial charge in [-0.3, -0.25) is 9.36 Å². The fourth-order valence-electron chi connectivity index (χ4n) is 4.33. The number of morpholine rings is 1. The molecule has 5 rings (SSSR count). The second-order valence-corrected chi connectivity index (χ2v) is 8.31. The van der Waals surface area contributed by atoms with E-state index in [2.05, 4.69) is 19.9 Å². The zero-order chi connectivity index (χ0) is 23.8. The molecule has 1 aliphatic rings. The van der Waals surface area contributed by atoms with Crippen molar-refractivity contribution in [2.24, 2.45) is 7.05 Å². The van der Waals surface area contributed by atoms with E-state index in [1.54, 1.807) is 13.0 Å². The van der Waals surface area contributed by atoms with Crippen LogP contribution < -0.4 is 10.5 Å². The van der Waals surface area contributed by atoms with Crippen LogP contribution in [-0.2, 0) is 11.8 Å². The van der Waals surface area contributed by atoms with Crippen LogP contribution in [0.3, 0.4) is 0 Å². The molecule has 9 heteroatoms. The third-order valence-corrected chi connectivity index (χ3v) is 6.24. The number of benzene rings is 2. The highest BCUT2D eigenvalue weighted by Crippen LogP contribution is 2.34. The van der Waals surface area contributed by atoms with Crippen molar-refractivity contribution in [3.63, 3.8) is 0 Å². The summed E-state index contributed by atoms with van der Waals surface area (Å²) in [6.45, 7) is 4.66. The van der Waals surface area contributed by atoms with Gasteiger partial charge in [0.2, 0.25) is 0 Å². The number of aryl methyl sites for hydroxylation is 1. The Morgan fingerprint density at radius 1 is 1.09 bits per heavy atom. The van der Waals surface area contributed by atoms with Crippen molar-refractivity contribution in [1.82, 2.24) is 19.5 Å². The van der Waals surface area contributed by atoms with Gasteiger partial charge in [-0.05, 0) is 48.4 Å². The molecule has 1 aliphatic heterocycles. The molecule has 8 nitrogen and oxygen atoms in total. The molecule has 0 spiro atoms. The molecule has 174 valence electrons. The second kappa shape index (κ2) is 8.92. The van der Waals surface area contributed by atoms with Crippen molar-refractivity contribution in [3.05, 3.63) is 82.0 Å². The van der Waals surface area contributed by atoms with Crippen LogP contribution in [0.1, 0.15) is 23.1 Å². The minimum absolute atomic E-state index is 0.177. The monoisotopic (exact) mass is 461 g/mol. The lowest BCUT2D eigenvalue weighted by atomic mass is 9.96. The topological polar surface area (TPSA) is 93.4 Å². The highest BCUT2D eigenvalue weighted by Gasteiger charge is 2.22. The molecule has 0 amide bonds. The Hall–Kier alpha value is -3.69. The molecule has 1 fully saturated rings. The van der Waals surface area contributed by atoms with Crippen LogP contribution in [0.5, 0.6) is 0 Å². The molecular weight excluding hydrogens is 437 g/mol. The van der Waals surface area contributed by atoms with E-state index in [9.17, 15) is 9.90 Å². The van der Waals surface area contributed by atoms with Gasteiger partial charge in [0.25, 0.3) is 5.56 Å². The lowest BCUT2D eigenvalue weighted by Crippen LogP contribution is -2.36. The molecule has 0 saturated carbocycles. The van der Waals surface area contributed by atoms with E-state index in [1.165, 1.54) is 36.3 Å². The van der Waals surface area contributed by atoms with Crippen LogP contribution in [0.15, 0.2) is 53.7 Å². The number of rotatable bonds is 4. The molecule has 0 aliphatic carbocycles. The minimum Gasteiger partial charge on any atom is -0.380 e. The number of aliphatic hydroxyl groups is 1. The van der Waals surface area contributed by atoms with Crippen LogP contribution in [-0.4, -0.2) is 50.9 Å². The van der Waals surface area contributed by atoms with Crippen molar-refractivity contribution in [1.29, 1.82) is 0 Å². The molecule has 34 heavy (non-hydrogen) atoms. The number of anilines is 1. The number of aromatic nitrogens is 4. The second-order valence-electron chi connectivity index (χ2n) is 8.31. The summed E-state index contributed by atoms with van der Waals surface area (Å²) in [5.41, 5.74) is 3.09. The summed E-state index contributed by atoms with van der Waals surface area (Å²) >= 11 is 0. The quantitative estimate of drug-likeness (QED) is 0.500. The van der Waals surface area contributed by atoms with Gasteiger partial charge in [0.05, 0.1) is 24.4 Å². The minimum atomic E-state index is -1.21. The molecule has 4 aromatic rings. The maximum absolute atomic E-state index is 15.2. The fourth-order valence-corrected chi connectivity index (χ4v) is 4.33. The third-order valence-electron chi connectivity index (χ3n) is 6.24. The number of fused-ring (bicyclic) bond motifs is 1. The first-order chi connectivity index (χ1) is 16.4. The molecule has 2 aromatic carbocycles. The highest BCUT2D eigenvalue weighted by atomic mass is 19.1. The van der Waals surface area contributed by atoms with Gasteiger partial charge in [0, 0.05) is 49.0 Å². The maximum Gasteiger partial charge on any atom is 0.253 e. The van der Waals surface area contributed by atoms with E-state index in [0.29, 0.717) is 40.9 Å². The fraction of sp³-hybridized carbons (Fsp3) is 0.280. The van der Waals surface area contributed by atoms with Crippen molar-refractivity contribution >= 4 is 16.6 Å². The first kappa shape index (κ1) is 22.1. The van der Waals surface area contributed by atoms with Crippen LogP contribution in [0.4, 0.5) is 10.1 Å². The summed E-state index contributed by atoms with van der Waals surface area (Å²) in [6, 6.07) is 10.1. The predicted molar refractivity (Wildman–Crippen MR) is 126 cm³/mol. The van der Waals surface area contributed by atoms with E-state index in [1.807, 2.05) is 18.2 Å². The van der Waals surface area contributed by atoms with E-state index in [0.717, 1.165) is 18.8 Å². The highest BCUT2D eigenvalue weighted by molar-refractivity contribution is 5.94. The number of ether oxygens (including phenoxy) is 1. The molecule has 1 unspecified atom stereocenters. The average Bonchev–Trinajstić information content (AvgIpc) is 2.85. The van der Waals surface area contributed by atoms with E-state index < -0.39 is 11.9 Å². The van der Waals surface area contributed by atoms with Gasteiger partial charge >= 0.3 is 0 Å². The normalized spacial score (nSPS) is 15.0. The molecule has 1 saturated heterocycles. The summed E-state index contributed by atoms with van der Waals surface area (Å²) < 4.78 is 21.9. The molecule has 1 N–H and O–H groups in total. The third kappa shape index (κ3) is 3.93. The standard InChI is InChI=1S/C25H24FN5O3/c1-15-11-20(26)19(13-18(15)24(33)25-27-6-5-22(32)30(25)2)23-17-4-3-16(12-21(17)28-14-29-23)31-7-9-34-10-8-31/h3-6,11-14,24,33H,7-10H2,1-2H3. The SMILES string of the molecule is Cc1cc(F)c(-c2ncnc3cc(N4CCOCC4)ccc23)cc1C(O)c1nccc(=O)n1C. The van der Waals surface area contributed by atoms with Crippen molar-refractivity contribution in [2.75, 3.05) is 31.2 Å². The smallest absolute Gasteiger partial charge is 0.253 e. The lowest BCUT2D eigenvalue weighted by Gasteiger charge is -2.29. The Morgan fingerprint density at radius 2 is 1.88 bits per heavy atom. The molecule has 2 aromatic heterocycles. The van der Waals surface area contributed by atoms with Crippen molar-refractivity contribution in [2.45, 2.75) is 13.0 Å². The Balaban J connectivity index is 1.60. The summed E-state index contributed by atoms with van der Waals surface area (Å²) in [5.74, 6) is -0.281.